The molecule has 0 atom stereocenters. The Bertz CT molecular complexity index is 554. The van der Waals surface area contributed by atoms with E-state index in [1.165, 1.54) is 6.07 Å². The maximum atomic E-state index is 13.5. The molecule has 0 fully saturated rings. The maximum absolute atomic E-state index is 13.5. The van der Waals surface area contributed by atoms with Gasteiger partial charge in [0.05, 0.1) is 16.7 Å². The van der Waals surface area contributed by atoms with Crippen molar-refractivity contribution in [2.75, 3.05) is 5.32 Å². The van der Waals surface area contributed by atoms with Crippen LogP contribution in [0.15, 0.2) is 33.2 Å². The molecule has 2 aromatic rings. The van der Waals surface area contributed by atoms with Gasteiger partial charge in [-0.1, -0.05) is 6.92 Å². The molecule has 0 saturated carbocycles. The van der Waals surface area contributed by atoms with Gasteiger partial charge in [-0.2, -0.15) is 0 Å². The first kappa shape index (κ1) is 13.1. The molecule has 1 aromatic heterocycles. The van der Waals surface area contributed by atoms with Gasteiger partial charge in [0.2, 0.25) is 0 Å². The summed E-state index contributed by atoms with van der Waals surface area (Å²) in [5, 5.41) is 2.87. The molecular weight excluding hydrogens is 304 g/mol. The van der Waals surface area contributed by atoms with E-state index in [-0.39, 0.29) is 10.2 Å². The predicted octanol–water partition coefficient (Wildman–Crippen LogP) is 4.49. The highest BCUT2D eigenvalue weighted by Gasteiger charge is 2.08. The van der Waals surface area contributed by atoms with Gasteiger partial charge in [0.15, 0.2) is 0 Å². The molecule has 96 valence electrons. The van der Waals surface area contributed by atoms with Gasteiger partial charge in [0.25, 0.3) is 0 Å². The highest BCUT2D eigenvalue weighted by atomic mass is 79.9. The van der Waals surface area contributed by atoms with Crippen molar-refractivity contribution in [2.24, 2.45) is 0 Å². The van der Waals surface area contributed by atoms with Crippen LogP contribution in [0.5, 0.6) is 0 Å². The number of anilines is 1. The van der Waals surface area contributed by atoms with Gasteiger partial charge in [-0.15, -0.1) is 0 Å². The summed E-state index contributed by atoms with van der Waals surface area (Å²) in [5.74, 6) is 0.349. The molecule has 2 rings (SSSR count). The van der Waals surface area contributed by atoms with E-state index in [1.807, 2.05) is 19.1 Å². The second-order valence-corrected chi connectivity index (χ2v) is 4.68. The standard InChI is InChI=1S/C13H12BrF2NO/c1-2-8-3-4-9(18-8)7-17-13-5-10(14)11(15)6-12(13)16/h3-6,17H,2,7H2,1H3. The average Bonchev–Trinajstić information content (AvgIpc) is 2.80. The molecule has 0 aliphatic carbocycles. The minimum absolute atomic E-state index is 0.222. The summed E-state index contributed by atoms with van der Waals surface area (Å²) >= 11 is 3.02. The molecule has 0 amide bonds. The minimum Gasteiger partial charge on any atom is -0.464 e. The zero-order valence-electron chi connectivity index (χ0n) is 9.77. The molecule has 0 spiro atoms. The van der Waals surface area contributed by atoms with Gasteiger partial charge in [-0.3, -0.25) is 0 Å². The Morgan fingerprint density at radius 1 is 1.17 bits per heavy atom. The first-order valence-electron chi connectivity index (χ1n) is 5.56. The topological polar surface area (TPSA) is 25.2 Å². The highest BCUT2D eigenvalue weighted by Crippen LogP contribution is 2.24. The van der Waals surface area contributed by atoms with E-state index in [0.29, 0.717) is 12.3 Å². The van der Waals surface area contributed by atoms with Crippen LogP contribution < -0.4 is 5.32 Å². The summed E-state index contributed by atoms with van der Waals surface area (Å²) in [5.41, 5.74) is 0.234. The number of rotatable bonds is 4. The van der Waals surface area contributed by atoms with Gasteiger partial charge >= 0.3 is 0 Å². The number of furan rings is 1. The molecule has 0 saturated heterocycles. The van der Waals surface area contributed by atoms with Crippen molar-refractivity contribution in [1.29, 1.82) is 0 Å². The van der Waals surface area contributed by atoms with Crippen LogP contribution in [-0.4, -0.2) is 0 Å². The largest absolute Gasteiger partial charge is 0.464 e. The summed E-state index contributed by atoms with van der Waals surface area (Å²) < 4.78 is 32.2. The third-order valence-corrected chi connectivity index (χ3v) is 3.14. The Morgan fingerprint density at radius 2 is 1.89 bits per heavy atom. The molecule has 0 radical (unpaired) electrons. The van der Waals surface area contributed by atoms with Crippen molar-refractivity contribution >= 4 is 21.6 Å². The van der Waals surface area contributed by atoms with E-state index in [9.17, 15) is 8.78 Å². The lowest BCUT2D eigenvalue weighted by molar-refractivity contribution is 0.475. The zero-order chi connectivity index (χ0) is 13.1. The highest BCUT2D eigenvalue weighted by molar-refractivity contribution is 9.10. The Labute approximate surface area is 112 Å². The molecule has 2 nitrogen and oxygen atoms in total. The number of halogens is 3. The Hall–Kier alpha value is -1.36. The van der Waals surface area contributed by atoms with Gasteiger partial charge in [0, 0.05) is 12.5 Å². The van der Waals surface area contributed by atoms with Crippen LogP contribution in [0.3, 0.4) is 0 Å². The quantitative estimate of drug-likeness (QED) is 0.841. The van der Waals surface area contributed by atoms with Crippen LogP contribution >= 0.6 is 15.9 Å². The van der Waals surface area contributed by atoms with Crippen LogP contribution in [0, 0.1) is 11.6 Å². The van der Waals surface area contributed by atoms with E-state index >= 15 is 0 Å². The molecular formula is C13H12BrF2NO. The summed E-state index contributed by atoms with van der Waals surface area (Å²) in [4.78, 5) is 0. The first-order valence-corrected chi connectivity index (χ1v) is 6.35. The molecule has 0 aliphatic rings. The first-order chi connectivity index (χ1) is 8.60. The van der Waals surface area contributed by atoms with Crippen LogP contribution in [0.2, 0.25) is 0 Å². The number of aryl methyl sites for hydroxylation is 1. The lowest BCUT2D eigenvalue weighted by Gasteiger charge is -2.07. The molecule has 0 unspecified atom stereocenters. The van der Waals surface area contributed by atoms with Crippen molar-refractivity contribution < 1.29 is 13.2 Å². The normalized spacial score (nSPS) is 10.7. The SMILES string of the molecule is CCc1ccc(CNc2cc(Br)c(F)cc2F)o1. The molecule has 0 bridgehead atoms. The monoisotopic (exact) mass is 315 g/mol. The fraction of sp³-hybridized carbons (Fsp3) is 0.231. The fourth-order valence-electron chi connectivity index (χ4n) is 1.55. The molecule has 18 heavy (non-hydrogen) atoms. The molecule has 0 aliphatic heterocycles. The lowest BCUT2D eigenvalue weighted by atomic mass is 10.3. The second-order valence-electron chi connectivity index (χ2n) is 3.82. The van der Waals surface area contributed by atoms with Crippen molar-refractivity contribution in [3.63, 3.8) is 0 Å². The van der Waals surface area contributed by atoms with Crippen molar-refractivity contribution in [2.45, 2.75) is 19.9 Å². The number of hydrogen-bond acceptors (Lipinski definition) is 2. The van der Waals surface area contributed by atoms with Crippen molar-refractivity contribution in [3.8, 4) is 0 Å². The average molecular weight is 316 g/mol. The fourth-order valence-corrected chi connectivity index (χ4v) is 1.89. The van der Waals surface area contributed by atoms with Gasteiger partial charge in [0.1, 0.15) is 23.2 Å². The zero-order valence-corrected chi connectivity index (χ0v) is 11.4. The second kappa shape index (κ2) is 5.52. The van der Waals surface area contributed by atoms with E-state index in [1.54, 1.807) is 0 Å². The van der Waals surface area contributed by atoms with Gasteiger partial charge in [-0.05, 0) is 34.1 Å². The Morgan fingerprint density at radius 3 is 2.56 bits per heavy atom. The molecule has 1 heterocycles. The summed E-state index contributed by atoms with van der Waals surface area (Å²) in [6.45, 7) is 2.35. The lowest BCUT2D eigenvalue weighted by Crippen LogP contribution is -2.01. The Balaban J connectivity index is 2.08. The number of nitrogens with one attached hydrogen (secondary N) is 1. The van der Waals surface area contributed by atoms with E-state index in [0.717, 1.165) is 18.2 Å². The van der Waals surface area contributed by atoms with Gasteiger partial charge < -0.3 is 9.73 Å². The van der Waals surface area contributed by atoms with Crippen LogP contribution in [-0.2, 0) is 13.0 Å². The summed E-state index contributed by atoms with van der Waals surface area (Å²) in [6.07, 6.45) is 0.816. The number of hydrogen-bond donors (Lipinski definition) is 1. The molecule has 5 heteroatoms. The van der Waals surface area contributed by atoms with Gasteiger partial charge in [-0.25, -0.2) is 8.78 Å². The summed E-state index contributed by atoms with van der Waals surface area (Å²) in [7, 11) is 0. The third kappa shape index (κ3) is 2.90. The molecule has 1 aromatic carbocycles. The van der Waals surface area contributed by atoms with Crippen LogP contribution in [0.4, 0.5) is 14.5 Å². The minimum atomic E-state index is -0.627. The van der Waals surface area contributed by atoms with E-state index in [2.05, 4.69) is 21.2 Å². The predicted molar refractivity (Wildman–Crippen MR) is 69.5 cm³/mol. The van der Waals surface area contributed by atoms with Crippen molar-refractivity contribution in [3.05, 3.63) is 51.9 Å². The number of benzene rings is 1. The van der Waals surface area contributed by atoms with Crippen LogP contribution in [0.1, 0.15) is 18.4 Å². The maximum Gasteiger partial charge on any atom is 0.149 e. The van der Waals surface area contributed by atoms with E-state index < -0.39 is 11.6 Å². The molecule has 1 N–H and O–H groups in total. The van der Waals surface area contributed by atoms with E-state index in [4.69, 9.17) is 4.42 Å². The summed E-state index contributed by atoms with van der Waals surface area (Å²) in [6, 6.07) is 5.93. The van der Waals surface area contributed by atoms with Crippen molar-refractivity contribution in [1.82, 2.24) is 0 Å². The smallest absolute Gasteiger partial charge is 0.149 e. The third-order valence-electron chi connectivity index (χ3n) is 2.53. The Kier molecular flexibility index (Phi) is 4.01. The van der Waals surface area contributed by atoms with Crippen LogP contribution in [0.25, 0.3) is 0 Å².